The van der Waals surface area contributed by atoms with E-state index in [0.717, 1.165) is 48.9 Å². The third-order valence-corrected chi connectivity index (χ3v) is 7.35. The Balaban J connectivity index is 1.55. The smallest absolute Gasteiger partial charge is 0.322 e. The van der Waals surface area contributed by atoms with E-state index in [1.54, 1.807) is 6.07 Å². The Morgan fingerprint density at radius 1 is 1.14 bits per heavy atom. The standard InChI is InChI=1S/C28H33ClN2O4/c1-18-15-22(19-9-7-10-20(16-19)30-24(32)11-8-14-31(2)3)23(29)17-21(18)25-26(33)28(35-27(25)34)12-5-4-6-13-28/h7,9-10,15-17,25H,4-6,8,11-14H2,1-3H3,(H,30,32). The molecule has 1 atom stereocenters. The SMILES string of the molecule is Cc1cc(-c2cccc(NC(=O)CCCN(C)C)c2)c(Cl)cc1C1C(=O)OC2(CCCCC2)C1=O. The molecule has 35 heavy (non-hydrogen) atoms. The van der Waals surface area contributed by atoms with Crippen molar-refractivity contribution < 1.29 is 19.1 Å². The molecule has 1 amide bonds. The number of carbonyl (C=O) groups is 3. The van der Waals surface area contributed by atoms with Gasteiger partial charge in [0, 0.05) is 22.7 Å². The highest BCUT2D eigenvalue weighted by atomic mass is 35.5. The zero-order valence-electron chi connectivity index (χ0n) is 20.7. The molecule has 1 N–H and O–H groups in total. The number of benzene rings is 2. The van der Waals surface area contributed by atoms with Crippen molar-refractivity contribution in [2.45, 2.75) is 63.4 Å². The third kappa shape index (κ3) is 5.44. The number of ketones is 1. The van der Waals surface area contributed by atoms with Crippen molar-refractivity contribution in [2.75, 3.05) is 26.0 Å². The summed E-state index contributed by atoms with van der Waals surface area (Å²) in [7, 11) is 3.97. The Hall–Kier alpha value is -2.70. The number of nitrogens with one attached hydrogen (secondary N) is 1. The summed E-state index contributed by atoms with van der Waals surface area (Å²) in [5, 5.41) is 3.40. The number of nitrogens with zero attached hydrogens (tertiary/aromatic N) is 1. The molecule has 1 aliphatic carbocycles. The predicted molar refractivity (Wildman–Crippen MR) is 138 cm³/mol. The van der Waals surface area contributed by atoms with Crippen LogP contribution < -0.4 is 5.32 Å². The van der Waals surface area contributed by atoms with Crippen LogP contribution in [0.25, 0.3) is 11.1 Å². The van der Waals surface area contributed by atoms with Crippen molar-refractivity contribution in [1.29, 1.82) is 0 Å². The van der Waals surface area contributed by atoms with Crippen LogP contribution in [0.3, 0.4) is 0 Å². The van der Waals surface area contributed by atoms with Gasteiger partial charge in [-0.3, -0.25) is 14.4 Å². The summed E-state index contributed by atoms with van der Waals surface area (Å²) in [6.07, 6.45) is 5.30. The lowest BCUT2D eigenvalue weighted by atomic mass is 9.77. The molecule has 2 aromatic rings. The number of rotatable bonds is 7. The van der Waals surface area contributed by atoms with E-state index in [0.29, 0.717) is 35.5 Å². The van der Waals surface area contributed by atoms with E-state index in [9.17, 15) is 14.4 Å². The maximum absolute atomic E-state index is 13.3. The van der Waals surface area contributed by atoms with Gasteiger partial charge in [-0.1, -0.05) is 30.2 Å². The number of amides is 1. The molecule has 2 fully saturated rings. The summed E-state index contributed by atoms with van der Waals surface area (Å²) in [5.41, 5.74) is 2.79. The Morgan fingerprint density at radius 3 is 2.60 bits per heavy atom. The molecule has 0 radical (unpaired) electrons. The Bertz CT molecular complexity index is 1140. The van der Waals surface area contributed by atoms with Gasteiger partial charge in [-0.05, 0) is 101 Å². The minimum absolute atomic E-state index is 0.0310. The van der Waals surface area contributed by atoms with E-state index in [2.05, 4.69) is 10.2 Å². The lowest BCUT2D eigenvalue weighted by Crippen LogP contribution is -2.39. The summed E-state index contributed by atoms with van der Waals surface area (Å²) in [6, 6.07) is 11.2. The zero-order chi connectivity index (χ0) is 25.2. The molecule has 4 rings (SSSR count). The summed E-state index contributed by atoms with van der Waals surface area (Å²) in [6.45, 7) is 2.74. The highest BCUT2D eigenvalue weighted by Gasteiger charge is 2.55. The van der Waals surface area contributed by atoms with E-state index >= 15 is 0 Å². The fourth-order valence-corrected chi connectivity index (χ4v) is 5.47. The van der Waals surface area contributed by atoms with Gasteiger partial charge in [0.05, 0.1) is 0 Å². The number of Topliss-reactive ketones (excluding diaryl/α,β-unsaturated/α-hetero) is 1. The highest BCUT2D eigenvalue weighted by Crippen LogP contribution is 2.45. The quantitative estimate of drug-likeness (QED) is 0.404. The van der Waals surface area contributed by atoms with Crippen molar-refractivity contribution in [3.8, 4) is 11.1 Å². The molecular weight excluding hydrogens is 464 g/mol. The average Bonchev–Trinajstić information content (AvgIpc) is 3.04. The van der Waals surface area contributed by atoms with Crippen LogP contribution in [-0.4, -0.2) is 48.8 Å². The number of hydrogen-bond donors (Lipinski definition) is 1. The van der Waals surface area contributed by atoms with Crippen LogP contribution in [0.2, 0.25) is 5.02 Å². The molecule has 1 spiro atoms. The van der Waals surface area contributed by atoms with Crippen LogP contribution in [0.1, 0.15) is 62.0 Å². The summed E-state index contributed by atoms with van der Waals surface area (Å²) >= 11 is 6.69. The van der Waals surface area contributed by atoms with E-state index in [1.165, 1.54) is 0 Å². The van der Waals surface area contributed by atoms with E-state index in [4.69, 9.17) is 16.3 Å². The average molecular weight is 497 g/mol. The molecule has 7 heteroatoms. The molecule has 1 unspecified atom stereocenters. The predicted octanol–water partition coefficient (Wildman–Crippen LogP) is 5.51. The van der Waals surface area contributed by atoms with Gasteiger partial charge in [0.2, 0.25) is 5.91 Å². The normalized spacial score (nSPS) is 19.3. The monoisotopic (exact) mass is 496 g/mol. The molecule has 1 saturated carbocycles. The lowest BCUT2D eigenvalue weighted by Gasteiger charge is -2.29. The van der Waals surface area contributed by atoms with Crippen molar-refractivity contribution in [3.05, 3.63) is 52.5 Å². The second kappa shape index (κ2) is 10.5. The molecule has 6 nitrogen and oxygen atoms in total. The minimum atomic E-state index is -0.962. The van der Waals surface area contributed by atoms with Crippen LogP contribution >= 0.6 is 11.6 Å². The maximum atomic E-state index is 13.3. The van der Waals surface area contributed by atoms with Gasteiger partial charge in [0.15, 0.2) is 11.4 Å². The number of anilines is 1. The van der Waals surface area contributed by atoms with Gasteiger partial charge >= 0.3 is 5.97 Å². The second-order valence-electron chi connectivity index (χ2n) is 10.00. The minimum Gasteiger partial charge on any atom is -0.450 e. The van der Waals surface area contributed by atoms with Crippen molar-refractivity contribution in [3.63, 3.8) is 0 Å². The number of hydrogen-bond acceptors (Lipinski definition) is 5. The van der Waals surface area contributed by atoms with Crippen molar-refractivity contribution in [1.82, 2.24) is 4.90 Å². The van der Waals surface area contributed by atoms with E-state index in [-0.39, 0.29) is 11.7 Å². The summed E-state index contributed by atoms with van der Waals surface area (Å²) in [5.74, 6) is -1.56. The van der Waals surface area contributed by atoms with Crippen molar-refractivity contribution >= 4 is 34.9 Å². The molecule has 0 aromatic heterocycles. The first-order valence-electron chi connectivity index (χ1n) is 12.3. The summed E-state index contributed by atoms with van der Waals surface area (Å²) in [4.78, 5) is 40.5. The number of esters is 1. The first kappa shape index (κ1) is 25.4. The molecule has 1 aliphatic heterocycles. The third-order valence-electron chi connectivity index (χ3n) is 7.04. The lowest BCUT2D eigenvalue weighted by molar-refractivity contribution is -0.154. The Morgan fingerprint density at radius 2 is 1.89 bits per heavy atom. The molecule has 0 bridgehead atoms. The van der Waals surface area contributed by atoms with E-state index < -0.39 is 17.5 Å². The Kier molecular flexibility index (Phi) is 7.62. The van der Waals surface area contributed by atoms with Gasteiger partial charge in [-0.15, -0.1) is 0 Å². The molecule has 1 saturated heterocycles. The maximum Gasteiger partial charge on any atom is 0.322 e. The molecule has 1 heterocycles. The van der Waals surface area contributed by atoms with Gasteiger partial charge in [0.1, 0.15) is 5.92 Å². The van der Waals surface area contributed by atoms with Crippen LogP contribution in [0.5, 0.6) is 0 Å². The van der Waals surface area contributed by atoms with Crippen LogP contribution in [-0.2, 0) is 19.1 Å². The van der Waals surface area contributed by atoms with Gasteiger partial charge in [-0.25, -0.2) is 0 Å². The number of halogens is 1. The Labute approximate surface area is 212 Å². The topological polar surface area (TPSA) is 75.7 Å². The first-order valence-corrected chi connectivity index (χ1v) is 12.7. The number of aryl methyl sites for hydroxylation is 1. The van der Waals surface area contributed by atoms with Crippen LogP contribution in [0, 0.1) is 6.92 Å². The fraction of sp³-hybridized carbons (Fsp3) is 0.464. The highest BCUT2D eigenvalue weighted by molar-refractivity contribution is 6.33. The number of ether oxygens (including phenoxy) is 1. The first-order chi connectivity index (χ1) is 16.7. The molecule has 2 aliphatic rings. The number of carbonyl (C=O) groups excluding carboxylic acids is 3. The zero-order valence-corrected chi connectivity index (χ0v) is 21.4. The van der Waals surface area contributed by atoms with Gasteiger partial charge in [-0.2, -0.15) is 0 Å². The van der Waals surface area contributed by atoms with Crippen molar-refractivity contribution in [2.24, 2.45) is 0 Å². The molecule has 186 valence electrons. The van der Waals surface area contributed by atoms with E-state index in [1.807, 2.05) is 51.4 Å². The summed E-state index contributed by atoms with van der Waals surface area (Å²) < 4.78 is 5.70. The van der Waals surface area contributed by atoms with Gasteiger partial charge < -0.3 is 15.0 Å². The van der Waals surface area contributed by atoms with Crippen LogP contribution in [0.15, 0.2) is 36.4 Å². The fourth-order valence-electron chi connectivity index (χ4n) is 5.18. The van der Waals surface area contributed by atoms with Gasteiger partial charge in [0.25, 0.3) is 0 Å². The largest absolute Gasteiger partial charge is 0.450 e. The molecular formula is C28H33ClN2O4. The molecule has 2 aromatic carbocycles. The van der Waals surface area contributed by atoms with Crippen LogP contribution in [0.4, 0.5) is 5.69 Å². The second-order valence-corrected chi connectivity index (χ2v) is 10.4.